The van der Waals surface area contributed by atoms with Crippen LogP contribution in [0.5, 0.6) is 0 Å². The highest BCUT2D eigenvalue weighted by Gasteiger charge is 1.97. The fraction of sp³-hybridized carbons (Fsp3) is 0.333. The van der Waals surface area contributed by atoms with Crippen molar-refractivity contribution in [2.75, 3.05) is 0 Å². The van der Waals surface area contributed by atoms with Gasteiger partial charge in [0.1, 0.15) is 11.4 Å². The molecule has 0 fully saturated rings. The highest BCUT2D eigenvalue weighted by Crippen LogP contribution is 2.08. The molecule has 0 saturated carbocycles. The third-order valence-corrected chi connectivity index (χ3v) is 1.39. The van der Waals surface area contributed by atoms with E-state index < -0.39 is 0 Å². The monoisotopic (exact) mass is 218 g/mol. The van der Waals surface area contributed by atoms with Crippen LogP contribution in [0.1, 0.15) is 27.7 Å². The van der Waals surface area contributed by atoms with Gasteiger partial charge in [0.2, 0.25) is 0 Å². The van der Waals surface area contributed by atoms with Crippen molar-refractivity contribution in [1.29, 1.82) is 0 Å². The molecule has 0 aromatic carbocycles. The van der Waals surface area contributed by atoms with Crippen LogP contribution in [0.2, 0.25) is 0 Å². The summed E-state index contributed by atoms with van der Waals surface area (Å²) in [5, 5.41) is 0. The number of rotatable bonds is 1. The minimum Gasteiger partial charge on any atom is -0.261 e. The third kappa shape index (κ3) is 4.59. The summed E-state index contributed by atoms with van der Waals surface area (Å²) >= 11 is 0. The minimum atomic E-state index is 0.741. The largest absolute Gasteiger partial charge is 0.261 e. The predicted octanol–water partition coefficient (Wildman–Crippen LogP) is 2.99. The summed E-state index contributed by atoms with van der Waals surface area (Å²) in [6, 6.07) is 0. The Morgan fingerprint density at radius 3 is 1.25 bits per heavy atom. The molecule has 0 amide bonds. The second kappa shape index (κ2) is 9.71. The van der Waals surface area contributed by atoms with Crippen LogP contribution in [0.15, 0.2) is 37.2 Å². The van der Waals surface area contributed by atoms with Crippen LogP contribution in [-0.4, -0.2) is 19.9 Å². The molecule has 0 unspecified atom stereocenters. The van der Waals surface area contributed by atoms with E-state index in [4.69, 9.17) is 0 Å². The Morgan fingerprint density at radius 1 is 0.625 bits per heavy atom. The maximum Gasteiger partial charge on any atom is 0.108 e. The molecule has 86 valence electrons. The first-order valence-electron chi connectivity index (χ1n) is 5.49. The van der Waals surface area contributed by atoms with E-state index in [9.17, 15) is 0 Å². The summed E-state index contributed by atoms with van der Waals surface area (Å²) in [6.45, 7) is 8.00. The number of hydrogen-bond donors (Lipinski definition) is 0. The van der Waals surface area contributed by atoms with Crippen LogP contribution >= 0.6 is 0 Å². The van der Waals surface area contributed by atoms with Crippen molar-refractivity contribution in [2.45, 2.75) is 27.7 Å². The molecule has 16 heavy (non-hydrogen) atoms. The van der Waals surface area contributed by atoms with Gasteiger partial charge in [0.05, 0.1) is 12.4 Å². The van der Waals surface area contributed by atoms with Crippen molar-refractivity contribution >= 4 is 0 Å². The van der Waals surface area contributed by atoms with Gasteiger partial charge in [-0.1, -0.05) is 27.7 Å². The van der Waals surface area contributed by atoms with Gasteiger partial charge in [-0.15, -0.1) is 0 Å². The number of hydrogen-bond acceptors (Lipinski definition) is 4. The molecule has 0 spiro atoms. The molecule has 0 saturated heterocycles. The molecular weight excluding hydrogens is 200 g/mol. The van der Waals surface area contributed by atoms with Gasteiger partial charge in [-0.25, -0.2) is 0 Å². The second-order valence-corrected chi connectivity index (χ2v) is 2.18. The van der Waals surface area contributed by atoms with Crippen LogP contribution in [0.3, 0.4) is 0 Å². The van der Waals surface area contributed by atoms with Crippen molar-refractivity contribution in [2.24, 2.45) is 0 Å². The van der Waals surface area contributed by atoms with Crippen molar-refractivity contribution in [3.05, 3.63) is 37.2 Å². The Hall–Kier alpha value is -1.84. The molecule has 4 heteroatoms. The van der Waals surface area contributed by atoms with Crippen LogP contribution in [0, 0.1) is 0 Å². The average molecular weight is 218 g/mol. The Balaban J connectivity index is 0.000000509. The molecule has 4 nitrogen and oxygen atoms in total. The SMILES string of the molecule is CC.CC.c1cnc(-c2cnccn2)cn1. The Labute approximate surface area is 96.8 Å². The van der Waals surface area contributed by atoms with E-state index in [0.29, 0.717) is 0 Å². The molecule has 2 heterocycles. The van der Waals surface area contributed by atoms with E-state index in [-0.39, 0.29) is 0 Å². The van der Waals surface area contributed by atoms with E-state index in [1.165, 1.54) is 0 Å². The summed E-state index contributed by atoms with van der Waals surface area (Å²) in [7, 11) is 0. The van der Waals surface area contributed by atoms with Gasteiger partial charge >= 0.3 is 0 Å². The Bertz CT molecular complexity index is 310. The standard InChI is InChI=1S/C8H6N4.2C2H6/c1-3-11-7(5-9-1)8-6-10-2-4-12-8;2*1-2/h1-6H;2*1-2H3. The smallest absolute Gasteiger partial charge is 0.108 e. The van der Waals surface area contributed by atoms with Crippen LogP contribution in [-0.2, 0) is 0 Å². The molecule has 0 aliphatic heterocycles. The second-order valence-electron chi connectivity index (χ2n) is 2.18. The van der Waals surface area contributed by atoms with Crippen LogP contribution in [0.25, 0.3) is 11.4 Å². The van der Waals surface area contributed by atoms with E-state index in [2.05, 4.69) is 19.9 Å². The Kier molecular flexibility index (Phi) is 8.59. The summed E-state index contributed by atoms with van der Waals surface area (Å²) in [4.78, 5) is 16.0. The zero-order chi connectivity index (χ0) is 12.2. The molecule has 2 aromatic heterocycles. The summed E-state index contributed by atoms with van der Waals surface area (Å²) in [6.07, 6.45) is 9.82. The van der Waals surface area contributed by atoms with Gasteiger partial charge < -0.3 is 0 Å². The van der Waals surface area contributed by atoms with Gasteiger partial charge in [-0.05, 0) is 0 Å². The zero-order valence-electron chi connectivity index (χ0n) is 10.3. The third-order valence-electron chi connectivity index (χ3n) is 1.39. The lowest BCUT2D eigenvalue weighted by molar-refractivity contribution is 1.14. The molecule has 0 N–H and O–H groups in total. The van der Waals surface area contributed by atoms with Crippen molar-refractivity contribution < 1.29 is 0 Å². The molecule has 0 aliphatic carbocycles. The maximum absolute atomic E-state index is 4.08. The lowest BCUT2D eigenvalue weighted by Crippen LogP contribution is -1.87. The van der Waals surface area contributed by atoms with Crippen molar-refractivity contribution in [1.82, 2.24) is 19.9 Å². The number of nitrogens with zero attached hydrogens (tertiary/aromatic N) is 4. The fourth-order valence-electron chi connectivity index (χ4n) is 0.863. The van der Waals surface area contributed by atoms with E-state index >= 15 is 0 Å². The molecule has 0 bridgehead atoms. The normalized spacial score (nSPS) is 8.00. The van der Waals surface area contributed by atoms with Gasteiger partial charge in [-0.2, -0.15) is 0 Å². The van der Waals surface area contributed by atoms with Crippen molar-refractivity contribution in [3.63, 3.8) is 0 Å². The van der Waals surface area contributed by atoms with Gasteiger partial charge in [0, 0.05) is 24.8 Å². The van der Waals surface area contributed by atoms with Gasteiger partial charge in [0.25, 0.3) is 0 Å². The first-order valence-corrected chi connectivity index (χ1v) is 5.49. The predicted molar refractivity (Wildman–Crippen MR) is 65.8 cm³/mol. The summed E-state index contributed by atoms with van der Waals surface area (Å²) in [5.74, 6) is 0. The lowest BCUT2D eigenvalue weighted by Gasteiger charge is -1.95. The van der Waals surface area contributed by atoms with Crippen molar-refractivity contribution in [3.8, 4) is 11.4 Å². The molecule has 0 radical (unpaired) electrons. The molecule has 0 atom stereocenters. The molecule has 2 rings (SSSR count). The first-order chi connectivity index (χ1) is 7.97. The maximum atomic E-state index is 4.08. The lowest BCUT2D eigenvalue weighted by atomic mass is 10.3. The summed E-state index contributed by atoms with van der Waals surface area (Å²) in [5.41, 5.74) is 1.48. The Morgan fingerprint density at radius 2 is 1.00 bits per heavy atom. The number of aromatic nitrogens is 4. The van der Waals surface area contributed by atoms with Crippen LogP contribution in [0.4, 0.5) is 0 Å². The quantitative estimate of drug-likeness (QED) is 0.738. The zero-order valence-corrected chi connectivity index (χ0v) is 10.3. The van der Waals surface area contributed by atoms with Crippen LogP contribution < -0.4 is 0 Å². The summed E-state index contributed by atoms with van der Waals surface area (Å²) < 4.78 is 0. The highest BCUT2D eigenvalue weighted by molar-refractivity contribution is 5.49. The fourth-order valence-corrected chi connectivity index (χ4v) is 0.863. The van der Waals surface area contributed by atoms with E-state index in [1.54, 1.807) is 37.2 Å². The average Bonchev–Trinajstić information content (AvgIpc) is 2.45. The topological polar surface area (TPSA) is 51.6 Å². The molecule has 2 aromatic rings. The molecule has 0 aliphatic rings. The highest BCUT2D eigenvalue weighted by atomic mass is 14.8. The van der Waals surface area contributed by atoms with Gasteiger partial charge in [-0.3, -0.25) is 19.9 Å². The minimum absolute atomic E-state index is 0.741. The van der Waals surface area contributed by atoms with E-state index in [1.807, 2.05) is 27.7 Å². The van der Waals surface area contributed by atoms with E-state index in [0.717, 1.165) is 11.4 Å². The molecular formula is C12H18N4. The van der Waals surface area contributed by atoms with Gasteiger partial charge in [0.15, 0.2) is 0 Å². The first kappa shape index (κ1) is 14.2.